The molecule has 0 bridgehead atoms. The third-order valence-corrected chi connectivity index (χ3v) is 5.48. The number of hydrogen-bond acceptors (Lipinski definition) is 6. The molecule has 0 amide bonds. The molecule has 0 aromatic rings. The quantitative estimate of drug-likeness (QED) is 0.301. The Kier molecular flexibility index (Phi) is 10.2. The van der Waals surface area contributed by atoms with Crippen LogP contribution in [0.25, 0.3) is 0 Å². The predicted octanol–water partition coefficient (Wildman–Crippen LogP) is 4.55. The van der Waals surface area contributed by atoms with Crippen LogP contribution in [0.4, 0.5) is 0 Å². The van der Waals surface area contributed by atoms with Gasteiger partial charge in [0.1, 0.15) is 0 Å². The zero-order chi connectivity index (χ0) is 20.5. The lowest BCUT2D eigenvalue weighted by molar-refractivity contribution is -0.300. The van der Waals surface area contributed by atoms with Crippen molar-refractivity contribution in [1.29, 1.82) is 0 Å². The largest absolute Gasteiger partial charge is 0.469 e. The molecule has 0 unspecified atom stereocenters. The first-order valence-corrected chi connectivity index (χ1v) is 10.6. The fourth-order valence-electron chi connectivity index (χ4n) is 4.30. The summed E-state index contributed by atoms with van der Waals surface area (Å²) in [5.41, 5.74) is -0.387. The fraction of sp³-hybridized carbons (Fsp3) is 0.952. The van der Waals surface area contributed by atoms with Gasteiger partial charge in [0.15, 0.2) is 0 Å². The second-order valence-corrected chi connectivity index (χ2v) is 9.07. The molecular formula is C21H42N2O4. The second-order valence-electron chi connectivity index (χ2n) is 9.07. The first-order chi connectivity index (χ1) is 12.6. The van der Waals surface area contributed by atoms with Gasteiger partial charge in [-0.15, -0.1) is 0 Å². The van der Waals surface area contributed by atoms with Crippen molar-refractivity contribution < 1.29 is 19.6 Å². The summed E-state index contributed by atoms with van der Waals surface area (Å²) >= 11 is 0. The van der Waals surface area contributed by atoms with Crippen LogP contribution < -0.4 is 0 Å². The number of rotatable bonds is 12. The molecule has 1 N–H and O–H groups in total. The number of esters is 1. The molecule has 0 aromatic carbocycles. The van der Waals surface area contributed by atoms with Gasteiger partial charge in [0.2, 0.25) is 0 Å². The summed E-state index contributed by atoms with van der Waals surface area (Å²) in [5.74, 6) is -0.299. The van der Waals surface area contributed by atoms with Crippen molar-refractivity contribution in [3.63, 3.8) is 0 Å². The zero-order valence-corrected chi connectivity index (χ0v) is 18.4. The van der Waals surface area contributed by atoms with Crippen molar-refractivity contribution >= 4 is 5.97 Å². The van der Waals surface area contributed by atoms with Gasteiger partial charge in [-0.25, -0.2) is 0 Å². The number of carbonyl (C=O) groups excluding carboxylic acids is 1. The Balaban J connectivity index is 2.52. The summed E-state index contributed by atoms with van der Waals surface area (Å²) < 4.78 is 4.67. The molecule has 0 radical (unpaired) electrons. The number of ether oxygens (including phenoxy) is 1. The van der Waals surface area contributed by atoms with Crippen LogP contribution >= 0.6 is 0 Å². The number of nitrogens with zero attached hydrogens (tertiary/aromatic N) is 2. The Labute approximate surface area is 166 Å². The van der Waals surface area contributed by atoms with E-state index >= 15 is 0 Å². The Morgan fingerprint density at radius 1 is 1.07 bits per heavy atom. The molecule has 0 spiro atoms. The van der Waals surface area contributed by atoms with Gasteiger partial charge >= 0.3 is 5.97 Å². The topological polar surface area (TPSA) is 62.2 Å². The van der Waals surface area contributed by atoms with Crippen LogP contribution in [0.1, 0.15) is 92.4 Å². The summed E-state index contributed by atoms with van der Waals surface area (Å²) in [4.78, 5) is 17.6. The lowest BCUT2D eigenvalue weighted by Gasteiger charge is -2.54. The van der Waals surface area contributed by atoms with E-state index in [9.17, 15) is 10.0 Å². The molecule has 0 aromatic heterocycles. The first kappa shape index (κ1) is 24.3. The lowest BCUT2D eigenvalue weighted by atomic mass is 9.78. The molecule has 160 valence electrons. The molecule has 1 fully saturated rings. The number of unbranched alkanes of at least 4 members (excludes halogenated alkanes) is 5. The van der Waals surface area contributed by atoms with E-state index in [0.717, 1.165) is 25.9 Å². The molecule has 1 saturated heterocycles. The van der Waals surface area contributed by atoms with Crippen molar-refractivity contribution in [1.82, 2.24) is 10.1 Å². The molecule has 0 aliphatic carbocycles. The van der Waals surface area contributed by atoms with Crippen molar-refractivity contribution in [2.75, 3.05) is 20.3 Å². The van der Waals surface area contributed by atoms with E-state index in [1.165, 1.54) is 44.3 Å². The summed E-state index contributed by atoms with van der Waals surface area (Å²) in [7, 11) is 1.37. The van der Waals surface area contributed by atoms with Crippen molar-refractivity contribution in [2.45, 2.75) is 110 Å². The van der Waals surface area contributed by atoms with Crippen LogP contribution in [0.15, 0.2) is 0 Å². The normalized spacial score (nSPS) is 20.1. The Morgan fingerprint density at radius 3 is 2.19 bits per heavy atom. The van der Waals surface area contributed by atoms with Crippen LogP contribution in [0.5, 0.6) is 0 Å². The average molecular weight is 387 g/mol. The molecule has 1 aliphatic rings. The molecule has 0 saturated carbocycles. The summed E-state index contributed by atoms with van der Waals surface area (Å²) in [5, 5.41) is 13.9. The van der Waals surface area contributed by atoms with Crippen LogP contribution in [0.2, 0.25) is 0 Å². The molecule has 6 nitrogen and oxygen atoms in total. The molecule has 0 atom stereocenters. The summed E-state index contributed by atoms with van der Waals surface area (Å²) in [6.07, 6.45) is 9.26. The smallest absolute Gasteiger partial charge is 0.306 e. The molecule has 1 heterocycles. The van der Waals surface area contributed by atoms with Gasteiger partial charge in [0, 0.05) is 23.7 Å². The van der Waals surface area contributed by atoms with Gasteiger partial charge in [-0.3, -0.25) is 9.63 Å². The van der Waals surface area contributed by atoms with E-state index in [2.05, 4.69) is 44.4 Å². The molecular weight excluding hydrogens is 344 g/mol. The van der Waals surface area contributed by atoms with E-state index in [1.807, 2.05) is 0 Å². The zero-order valence-electron chi connectivity index (χ0n) is 18.4. The minimum atomic E-state index is -0.299. The Morgan fingerprint density at radius 2 is 1.63 bits per heavy atom. The van der Waals surface area contributed by atoms with E-state index < -0.39 is 0 Å². The van der Waals surface area contributed by atoms with Gasteiger partial charge in [-0.2, -0.15) is 10.1 Å². The SMILES string of the molecule is CCCCCCCCON1C(C)(C)CC(N(O)CCC(=O)OC)CC1(C)C. The summed E-state index contributed by atoms with van der Waals surface area (Å²) in [6.45, 7) is 11.9. The number of hydrogen-bond donors (Lipinski definition) is 1. The maximum Gasteiger partial charge on any atom is 0.306 e. The maximum atomic E-state index is 11.3. The highest BCUT2D eigenvalue weighted by molar-refractivity contribution is 5.69. The van der Waals surface area contributed by atoms with Crippen LogP contribution in [0.3, 0.4) is 0 Å². The number of hydroxylamine groups is 4. The minimum absolute atomic E-state index is 0.00597. The lowest BCUT2D eigenvalue weighted by Crippen LogP contribution is -2.63. The monoisotopic (exact) mass is 386 g/mol. The van der Waals surface area contributed by atoms with Crippen LogP contribution in [-0.2, 0) is 14.4 Å². The van der Waals surface area contributed by atoms with E-state index in [0.29, 0.717) is 6.54 Å². The Hall–Kier alpha value is -0.690. The molecule has 1 rings (SSSR count). The third kappa shape index (κ3) is 8.06. The third-order valence-electron chi connectivity index (χ3n) is 5.48. The molecule has 27 heavy (non-hydrogen) atoms. The van der Waals surface area contributed by atoms with Gasteiger partial charge in [0.25, 0.3) is 0 Å². The maximum absolute atomic E-state index is 11.3. The van der Waals surface area contributed by atoms with Gasteiger partial charge in [-0.05, 0) is 47.0 Å². The molecule has 1 aliphatic heterocycles. The second kappa shape index (κ2) is 11.3. The highest BCUT2D eigenvalue weighted by Crippen LogP contribution is 2.40. The van der Waals surface area contributed by atoms with Crippen LogP contribution in [0, 0.1) is 0 Å². The van der Waals surface area contributed by atoms with Gasteiger partial charge in [0.05, 0.1) is 20.1 Å². The van der Waals surface area contributed by atoms with Gasteiger partial charge in [-0.1, -0.05) is 39.0 Å². The Bertz CT molecular complexity index is 422. The number of carbonyl (C=O) groups is 1. The molecule has 6 heteroatoms. The first-order valence-electron chi connectivity index (χ1n) is 10.6. The number of methoxy groups -OCH3 is 1. The van der Waals surface area contributed by atoms with E-state index in [1.54, 1.807) is 0 Å². The van der Waals surface area contributed by atoms with Crippen molar-refractivity contribution in [2.24, 2.45) is 0 Å². The standard InChI is InChI=1S/C21H42N2O4/c1-7-8-9-10-11-12-15-27-23-20(2,3)16-18(17-21(23,4)5)22(25)14-13-19(24)26-6/h18,25H,7-17H2,1-6H3. The van der Waals surface area contributed by atoms with Crippen molar-refractivity contribution in [3.8, 4) is 0 Å². The van der Waals surface area contributed by atoms with Crippen LogP contribution in [-0.4, -0.2) is 58.7 Å². The fourth-order valence-corrected chi connectivity index (χ4v) is 4.30. The number of piperidine rings is 1. The average Bonchev–Trinajstić information content (AvgIpc) is 2.59. The van der Waals surface area contributed by atoms with Gasteiger partial charge < -0.3 is 9.94 Å². The van der Waals surface area contributed by atoms with Crippen molar-refractivity contribution in [3.05, 3.63) is 0 Å². The highest BCUT2D eigenvalue weighted by Gasteiger charge is 2.47. The highest BCUT2D eigenvalue weighted by atomic mass is 16.7. The predicted molar refractivity (Wildman–Crippen MR) is 107 cm³/mol. The van der Waals surface area contributed by atoms with E-state index in [4.69, 9.17) is 4.84 Å². The summed E-state index contributed by atoms with van der Waals surface area (Å²) in [6, 6.07) is -0.00597. The minimum Gasteiger partial charge on any atom is -0.469 e. The van der Waals surface area contributed by atoms with E-state index in [-0.39, 0.29) is 29.5 Å².